The van der Waals surface area contributed by atoms with Crippen molar-refractivity contribution in [2.24, 2.45) is 0 Å². The van der Waals surface area contributed by atoms with Crippen LogP contribution in [0.4, 0.5) is 26.3 Å². The Kier molecular flexibility index (Phi) is 7.19. The number of allylic oxidation sites excluding steroid dienone is 2. The molecule has 0 aliphatic heterocycles. The first kappa shape index (κ1) is 34.9. The van der Waals surface area contributed by atoms with Gasteiger partial charge in [0.2, 0.25) is 0 Å². The summed E-state index contributed by atoms with van der Waals surface area (Å²) in [6.45, 7) is 12.1. The fourth-order valence-electron chi connectivity index (χ4n) is 7.38. The van der Waals surface area contributed by atoms with Gasteiger partial charge < -0.3 is 18.3 Å². The lowest BCUT2D eigenvalue weighted by Gasteiger charge is -2.32. The first-order valence-corrected chi connectivity index (χ1v) is 18.2. The number of furan rings is 2. The second-order valence-electron chi connectivity index (χ2n) is 15.4. The topological polar surface area (TPSA) is 44.7 Å². The predicted octanol–water partition coefficient (Wildman–Crippen LogP) is 12.4. The van der Waals surface area contributed by atoms with E-state index >= 15 is 26.3 Å². The third-order valence-electron chi connectivity index (χ3n) is 10.1. The van der Waals surface area contributed by atoms with Crippen molar-refractivity contribution in [3.05, 3.63) is 103 Å². The molecule has 0 unspecified atom stereocenters. The summed E-state index contributed by atoms with van der Waals surface area (Å²) in [5, 5.41) is -0.0886. The summed E-state index contributed by atoms with van der Waals surface area (Å²) in [7, 11) is 2.81. The van der Waals surface area contributed by atoms with Crippen LogP contribution in [0.2, 0.25) is 0 Å². The molecule has 0 spiro atoms. The second kappa shape index (κ2) is 10.7. The molecule has 0 atom stereocenters. The maximum absolute atomic E-state index is 16.7. The number of halogens is 6. The minimum atomic E-state index is -5.80. The van der Waals surface area contributed by atoms with Gasteiger partial charge in [0.25, 0.3) is 0 Å². The number of methoxy groups -OCH3 is 2. The number of hydrogen-bond donors (Lipinski definition) is 0. The first-order valence-electron chi connectivity index (χ1n) is 16.5. The third kappa shape index (κ3) is 4.33. The number of thiophene rings is 2. The summed E-state index contributed by atoms with van der Waals surface area (Å²) in [4.78, 5) is 2.83. The van der Waals surface area contributed by atoms with E-state index in [0.717, 1.165) is 9.75 Å². The van der Waals surface area contributed by atoms with Crippen LogP contribution in [0.3, 0.4) is 0 Å². The molecule has 0 N–H and O–H groups in total. The van der Waals surface area contributed by atoms with Gasteiger partial charge >= 0.3 is 17.8 Å². The fraction of sp³-hybridized carbons (Fsp3) is 0.350. The van der Waals surface area contributed by atoms with Gasteiger partial charge in [-0.05, 0) is 59.4 Å². The van der Waals surface area contributed by atoms with Crippen molar-refractivity contribution in [2.45, 2.75) is 75.6 Å². The van der Waals surface area contributed by atoms with E-state index in [1.807, 2.05) is 65.8 Å². The number of benzene rings is 2. The van der Waals surface area contributed by atoms with Crippen LogP contribution >= 0.6 is 22.7 Å². The molecule has 0 saturated heterocycles. The van der Waals surface area contributed by atoms with Gasteiger partial charge in [-0.3, -0.25) is 0 Å². The Morgan fingerprint density at radius 1 is 0.558 bits per heavy atom. The van der Waals surface area contributed by atoms with E-state index in [2.05, 4.69) is 0 Å². The van der Waals surface area contributed by atoms with Gasteiger partial charge in [0.15, 0.2) is 5.41 Å². The van der Waals surface area contributed by atoms with E-state index in [-0.39, 0.29) is 44.3 Å². The Hall–Kier alpha value is -4.16. The Morgan fingerprint density at radius 2 is 0.942 bits per heavy atom. The second-order valence-corrected chi connectivity index (χ2v) is 17.6. The number of fused-ring (bicyclic) bond motifs is 8. The quantitative estimate of drug-likeness (QED) is 0.168. The van der Waals surface area contributed by atoms with Crippen LogP contribution in [0.15, 0.2) is 69.5 Å². The van der Waals surface area contributed by atoms with Crippen LogP contribution in [0.5, 0.6) is 11.5 Å². The van der Waals surface area contributed by atoms with Crippen LogP contribution < -0.4 is 9.47 Å². The average Bonchev–Trinajstić information content (AvgIpc) is 3.88. The average molecular weight is 757 g/mol. The molecule has 52 heavy (non-hydrogen) atoms. The Bertz CT molecular complexity index is 2290. The summed E-state index contributed by atoms with van der Waals surface area (Å²) in [5.41, 5.74) is -6.62. The molecule has 0 fully saturated rings. The molecule has 2 aliphatic rings. The molecule has 272 valence electrons. The highest BCUT2D eigenvalue weighted by Crippen LogP contribution is 2.71. The number of ether oxygens (including phenoxy) is 2. The van der Waals surface area contributed by atoms with Gasteiger partial charge in [-0.2, -0.15) is 26.3 Å². The molecule has 0 bridgehead atoms. The summed E-state index contributed by atoms with van der Waals surface area (Å²) in [6.07, 6.45) is 0. The summed E-state index contributed by atoms with van der Waals surface area (Å²) >= 11 is 2.70. The lowest BCUT2D eigenvalue weighted by molar-refractivity contribution is -0.254. The van der Waals surface area contributed by atoms with Gasteiger partial charge in [-0.15, -0.1) is 22.7 Å². The van der Waals surface area contributed by atoms with E-state index in [0.29, 0.717) is 21.3 Å². The predicted molar refractivity (Wildman–Crippen MR) is 192 cm³/mol. The van der Waals surface area contributed by atoms with Gasteiger partial charge in [-0.1, -0.05) is 41.5 Å². The number of rotatable bonds is 4. The van der Waals surface area contributed by atoms with Gasteiger partial charge in [-0.25, -0.2) is 0 Å². The maximum atomic E-state index is 16.7. The van der Waals surface area contributed by atoms with Gasteiger partial charge in [0.05, 0.1) is 14.2 Å². The summed E-state index contributed by atoms with van der Waals surface area (Å²) < 4.78 is 122. The highest BCUT2D eigenvalue weighted by Gasteiger charge is 2.82. The van der Waals surface area contributed by atoms with Gasteiger partial charge in [0.1, 0.15) is 34.2 Å². The molecular formula is C40H34F6O4S2. The highest BCUT2D eigenvalue weighted by atomic mass is 32.1. The minimum Gasteiger partial charge on any atom is -0.497 e. The van der Waals surface area contributed by atoms with Crippen molar-refractivity contribution in [2.75, 3.05) is 14.2 Å². The molecule has 2 aromatic carbocycles. The largest absolute Gasteiger partial charge is 0.497 e. The number of hydrogen-bond acceptors (Lipinski definition) is 6. The molecule has 0 radical (unpaired) electrons. The van der Waals surface area contributed by atoms with E-state index in [1.54, 1.807) is 0 Å². The Labute approximate surface area is 303 Å². The van der Waals surface area contributed by atoms with Crippen LogP contribution in [0.25, 0.3) is 33.1 Å². The van der Waals surface area contributed by atoms with Crippen LogP contribution in [0.1, 0.15) is 83.7 Å². The summed E-state index contributed by atoms with van der Waals surface area (Å²) in [5.74, 6) is -16.3. The van der Waals surface area contributed by atoms with E-state index in [1.165, 1.54) is 73.3 Å². The Balaban J connectivity index is 1.68. The zero-order valence-electron chi connectivity index (χ0n) is 29.5. The van der Waals surface area contributed by atoms with Crippen molar-refractivity contribution < 1.29 is 44.7 Å². The van der Waals surface area contributed by atoms with Crippen molar-refractivity contribution in [3.63, 3.8) is 0 Å². The van der Waals surface area contributed by atoms with Crippen molar-refractivity contribution >= 4 is 55.8 Å². The lowest BCUT2D eigenvalue weighted by Crippen LogP contribution is -2.49. The fourth-order valence-corrected chi connectivity index (χ4v) is 9.97. The van der Waals surface area contributed by atoms with Crippen molar-refractivity contribution in [1.82, 2.24) is 0 Å². The zero-order chi connectivity index (χ0) is 37.6. The maximum Gasteiger partial charge on any atom is 0.380 e. The van der Waals surface area contributed by atoms with E-state index in [9.17, 15) is 0 Å². The Morgan fingerprint density at radius 3 is 1.27 bits per heavy atom. The van der Waals surface area contributed by atoms with Crippen LogP contribution in [-0.4, -0.2) is 32.0 Å². The molecule has 4 nitrogen and oxygen atoms in total. The standard InChI is InChI=1S/C40H34F6O4S2/c1-35(2,3)25-13-15-27(51-25)37(28-16-14-26(52-28)36(4,5)6)33-29(21-11-9-19(47-7)17-23(21)49-33)31-32(39(43,44)40(45,46)38(31,41)42)30-22-12-10-20(48-8)18-24(22)50-34(30)37/h9-18H,1-8H3. The van der Waals surface area contributed by atoms with Crippen LogP contribution in [0, 0.1) is 0 Å². The molecule has 2 aliphatic carbocycles. The minimum absolute atomic E-state index is 0.00339. The molecule has 6 aromatic rings. The molecule has 0 saturated carbocycles. The zero-order valence-corrected chi connectivity index (χ0v) is 31.1. The SMILES string of the molecule is COc1ccc2c3c(oc2c1)C(c1ccc(C(C)(C)C)s1)(c1ccc(C(C)(C)C)s1)c1oc2cc(OC)ccc2c1C1=C3C(F)(F)C(F)(F)C1(F)F. The monoisotopic (exact) mass is 756 g/mol. The molecule has 4 heterocycles. The first-order chi connectivity index (χ1) is 24.2. The normalized spacial score (nSPS) is 18.7. The van der Waals surface area contributed by atoms with Crippen molar-refractivity contribution in [3.8, 4) is 11.5 Å². The molecule has 12 heteroatoms. The molecule has 4 aromatic heterocycles. The molecular weight excluding hydrogens is 723 g/mol. The highest BCUT2D eigenvalue weighted by molar-refractivity contribution is 7.14. The smallest absolute Gasteiger partial charge is 0.380 e. The van der Waals surface area contributed by atoms with Gasteiger partial charge in [0, 0.05) is 64.7 Å². The van der Waals surface area contributed by atoms with Crippen molar-refractivity contribution in [1.29, 1.82) is 0 Å². The molecule has 0 amide bonds. The molecule has 8 rings (SSSR count). The number of alkyl halides is 6. The summed E-state index contributed by atoms with van der Waals surface area (Å²) in [6, 6.07) is 16.0. The van der Waals surface area contributed by atoms with E-state index in [4.69, 9.17) is 18.3 Å². The lowest BCUT2D eigenvalue weighted by atomic mass is 9.75. The third-order valence-corrected chi connectivity index (χ3v) is 13.3. The van der Waals surface area contributed by atoms with E-state index < -0.39 is 45.5 Å². The van der Waals surface area contributed by atoms with Crippen LogP contribution in [-0.2, 0) is 16.2 Å².